The summed E-state index contributed by atoms with van der Waals surface area (Å²) in [6.45, 7) is 10.1. The molecule has 0 saturated heterocycles. The van der Waals surface area contributed by atoms with Crippen molar-refractivity contribution >= 4 is 8.80 Å². The van der Waals surface area contributed by atoms with Crippen molar-refractivity contribution in [2.45, 2.75) is 51.8 Å². The van der Waals surface area contributed by atoms with E-state index in [0.717, 1.165) is 18.0 Å². The van der Waals surface area contributed by atoms with Gasteiger partial charge >= 0.3 is 0 Å². The zero-order valence-electron chi connectivity index (χ0n) is 9.06. The summed E-state index contributed by atoms with van der Waals surface area (Å²) in [7, 11) is -0.567. The van der Waals surface area contributed by atoms with Crippen molar-refractivity contribution in [3.05, 3.63) is 17.5 Å². The summed E-state index contributed by atoms with van der Waals surface area (Å²) in [5.74, 6) is 0. The van der Waals surface area contributed by atoms with Gasteiger partial charge in [-0.1, -0.05) is 45.9 Å². The van der Waals surface area contributed by atoms with E-state index in [1.54, 1.807) is 0 Å². The van der Waals surface area contributed by atoms with Crippen LogP contribution in [0.3, 0.4) is 0 Å². The lowest BCUT2D eigenvalue weighted by Crippen LogP contribution is -2.20. The summed E-state index contributed by atoms with van der Waals surface area (Å²) in [4.78, 5) is 0. The van der Waals surface area contributed by atoms with E-state index in [1.165, 1.54) is 12.8 Å². The molecule has 0 aromatic rings. The number of aliphatic hydroxyl groups is 1. The largest absolute Gasteiger partial charge is 0.389 e. The lowest BCUT2D eigenvalue weighted by molar-refractivity contribution is 0.203. The van der Waals surface area contributed by atoms with Crippen molar-refractivity contribution in [2.24, 2.45) is 0 Å². The average molecular weight is 197 g/mol. The molecule has 0 unspecified atom stereocenters. The van der Waals surface area contributed by atoms with Crippen LogP contribution in [-0.4, -0.2) is 20.0 Å². The lowest BCUT2D eigenvalue weighted by atomic mass is 10.1. The van der Waals surface area contributed by atoms with E-state index >= 15 is 0 Å². The van der Waals surface area contributed by atoms with Gasteiger partial charge in [-0.2, -0.15) is 0 Å². The Bertz CT molecular complexity index is 181. The molecule has 0 aliphatic rings. The molecular formula is C11H21OSi. The Hall–Kier alpha value is -0.303. The molecule has 0 aromatic heterocycles. The van der Waals surface area contributed by atoms with E-state index < -0.39 is 8.80 Å². The van der Waals surface area contributed by atoms with Crippen LogP contribution in [0.5, 0.6) is 0 Å². The van der Waals surface area contributed by atoms with E-state index in [9.17, 15) is 5.11 Å². The second-order valence-electron chi connectivity index (χ2n) is 3.60. The molecule has 1 radical (unpaired) electrons. The molecular weight excluding hydrogens is 176 g/mol. The Balaban J connectivity index is 3.93. The minimum Gasteiger partial charge on any atom is -0.389 e. The molecule has 0 rings (SSSR count). The maximum Gasteiger partial charge on any atom is 0.0876 e. The van der Waals surface area contributed by atoms with Gasteiger partial charge in [-0.15, -0.1) is 5.73 Å². The van der Waals surface area contributed by atoms with E-state index in [-0.39, 0.29) is 6.10 Å². The normalized spacial score (nSPS) is 12.7. The Morgan fingerprint density at radius 2 is 2.08 bits per heavy atom. The molecule has 1 nitrogen and oxygen atoms in total. The zero-order valence-corrected chi connectivity index (χ0v) is 10.1. The van der Waals surface area contributed by atoms with Gasteiger partial charge in [0.2, 0.25) is 0 Å². The zero-order chi connectivity index (χ0) is 10.3. The fourth-order valence-electron chi connectivity index (χ4n) is 1.36. The van der Waals surface area contributed by atoms with Gasteiger partial charge in [0.05, 0.1) is 14.9 Å². The first-order valence-corrected chi connectivity index (χ1v) is 7.52. The van der Waals surface area contributed by atoms with Crippen LogP contribution in [0.2, 0.25) is 13.1 Å². The van der Waals surface area contributed by atoms with Crippen molar-refractivity contribution in [1.82, 2.24) is 0 Å². The quantitative estimate of drug-likeness (QED) is 0.394. The highest BCUT2D eigenvalue weighted by Crippen LogP contribution is 2.12. The van der Waals surface area contributed by atoms with Crippen LogP contribution in [0, 0.1) is 0 Å². The Labute approximate surface area is 83.8 Å². The fraction of sp³-hybridized carbons (Fsp3) is 0.727. The molecule has 1 N–H and O–H groups in total. The minimum atomic E-state index is -0.567. The highest BCUT2D eigenvalue weighted by atomic mass is 28.3. The number of unbranched alkanes of at least 4 members (excludes halogenated alkanes) is 2. The third kappa shape index (κ3) is 5.09. The van der Waals surface area contributed by atoms with Gasteiger partial charge in [0.15, 0.2) is 0 Å². The molecule has 0 bridgehead atoms. The third-order valence-electron chi connectivity index (χ3n) is 2.14. The van der Waals surface area contributed by atoms with Gasteiger partial charge in [-0.05, 0) is 11.6 Å². The van der Waals surface area contributed by atoms with Gasteiger partial charge in [0.25, 0.3) is 0 Å². The molecule has 75 valence electrons. The summed E-state index contributed by atoms with van der Waals surface area (Å²) in [5.41, 5.74) is 2.89. The molecule has 0 aliphatic carbocycles. The molecule has 0 aromatic carbocycles. The summed E-state index contributed by atoms with van der Waals surface area (Å²) in [6.07, 6.45) is 4.11. The first-order valence-electron chi connectivity index (χ1n) is 5.02. The lowest BCUT2D eigenvalue weighted by Gasteiger charge is -2.14. The second-order valence-corrected chi connectivity index (χ2v) is 6.14. The van der Waals surface area contributed by atoms with Gasteiger partial charge in [0.1, 0.15) is 0 Å². The van der Waals surface area contributed by atoms with E-state index in [2.05, 4.69) is 32.3 Å². The predicted octanol–water partition coefficient (Wildman–Crippen LogP) is 2.93. The minimum absolute atomic E-state index is 0.284. The molecule has 0 spiro atoms. The molecule has 13 heavy (non-hydrogen) atoms. The van der Waals surface area contributed by atoms with E-state index in [1.807, 2.05) is 0 Å². The van der Waals surface area contributed by atoms with Crippen LogP contribution in [0.15, 0.2) is 17.5 Å². The summed E-state index contributed by atoms with van der Waals surface area (Å²) in [5, 5.41) is 10.8. The maximum absolute atomic E-state index is 9.79. The van der Waals surface area contributed by atoms with Gasteiger partial charge in [-0.25, -0.2) is 0 Å². The SMILES string of the molecule is C=C=C([C@H](O)CCCCC)[Si](C)C. The van der Waals surface area contributed by atoms with Crippen LogP contribution >= 0.6 is 0 Å². The predicted molar refractivity (Wildman–Crippen MR) is 60.3 cm³/mol. The van der Waals surface area contributed by atoms with Crippen molar-refractivity contribution < 1.29 is 5.11 Å². The molecule has 0 aliphatic heterocycles. The highest BCUT2D eigenvalue weighted by Gasteiger charge is 2.13. The van der Waals surface area contributed by atoms with Crippen LogP contribution in [0.1, 0.15) is 32.6 Å². The first kappa shape index (κ1) is 12.7. The Kier molecular flexibility index (Phi) is 6.97. The van der Waals surface area contributed by atoms with Crippen LogP contribution in [0.25, 0.3) is 0 Å². The monoisotopic (exact) mass is 197 g/mol. The first-order chi connectivity index (χ1) is 6.13. The standard InChI is InChI=1S/C11H21OSi/c1-5-7-8-9-10(12)11(6-2)13(3)4/h10,12H,2,5,7-9H2,1,3-4H3/t10-/m1/s1. The number of hydrogen-bond acceptors (Lipinski definition) is 1. The van der Waals surface area contributed by atoms with Crippen LogP contribution in [-0.2, 0) is 0 Å². The summed E-state index contributed by atoms with van der Waals surface area (Å²) < 4.78 is 0. The topological polar surface area (TPSA) is 20.2 Å². The molecule has 2 heteroatoms. The van der Waals surface area contributed by atoms with Crippen molar-refractivity contribution in [1.29, 1.82) is 0 Å². The van der Waals surface area contributed by atoms with E-state index in [4.69, 9.17) is 0 Å². The Morgan fingerprint density at radius 1 is 1.46 bits per heavy atom. The summed E-state index contributed by atoms with van der Waals surface area (Å²) in [6, 6.07) is 0. The van der Waals surface area contributed by atoms with Gasteiger partial charge in [0, 0.05) is 0 Å². The molecule has 0 amide bonds. The van der Waals surface area contributed by atoms with Gasteiger partial charge in [-0.3, -0.25) is 0 Å². The highest BCUT2D eigenvalue weighted by molar-refractivity contribution is 6.64. The van der Waals surface area contributed by atoms with Crippen LogP contribution in [0.4, 0.5) is 0 Å². The third-order valence-corrected chi connectivity index (χ3v) is 3.73. The molecule has 1 atom stereocenters. The van der Waals surface area contributed by atoms with Crippen molar-refractivity contribution in [2.75, 3.05) is 0 Å². The molecule has 0 fully saturated rings. The number of aliphatic hydroxyl groups excluding tert-OH is 1. The van der Waals surface area contributed by atoms with Crippen molar-refractivity contribution in [3.63, 3.8) is 0 Å². The maximum atomic E-state index is 9.79. The van der Waals surface area contributed by atoms with Crippen molar-refractivity contribution in [3.8, 4) is 0 Å². The van der Waals surface area contributed by atoms with Gasteiger partial charge < -0.3 is 5.11 Å². The van der Waals surface area contributed by atoms with Crippen LogP contribution < -0.4 is 0 Å². The Morgan fingerprint density at radius 3 is 2.46 bits per heavy atom. The average Bonchev–Trinajstić information content (AvgIpc) is 2.05. The molecule has 0 saturated carbocycles. The fourth-order valence-corrected chi connectivity index (χ4v) is 2.52. The second kappa shape index (κ2) is 7.13. The molecule has 0 heterocycles. The number of hydrogen-bond donors (Lipinski definition) is 1. The smallest absolute Gasteiger partial charge is 0.0876 e. The summed E-state index contributed by atoms with van der Waals surface area (Å²) >= 11 is 0. The number of rotatable bonds is 6. The van der Waals surface area contributed by atoms with E-state index in [0.29, 0.717) is 0 Å².